The van der Waals surface area contributed by atoms with Gasteiger partial charge in [-0.25, -0.2) is 0 Å². The van der Waals surface area contributed by atoms with Crippen LogP contribution in [0, 0.1) is 0 Å². The van der Waals surface area contributed by atoms with Crippen LogP contribution >= 0.6 is 0 Å². The fraction of sp³-hybridized carbons (Fsp3) is 0.812. The Kier molecular flexibility index (Phi) is 8.71. The normalized spacial score (nSPS) is 15.6. The van der Waals surface area contributed by atoms with Gasteiger partial charge in [-0.2, -0.15) is 0 Å². The van der Waals surface area contributed by atoms with E-state index in [1.54, 1.807) is 4.90 Å². The summed E-state index contributed by atoms with van der Waals surface area (Å²) in [6, 6.07) is 0. The second kappa shape index (κ2) is 10.4. The van der Waals surface area contributed by atoms with Crippen LogP contribution in [0.3, 0.4) is 0 Å². The summed E-state index contributed by atoms with van der Waals surface area (Å²) in [7, 11) is 0. The molecular formula is C16H28N2O3. The zero-order valence-electron chi connectivity index (χ0n) is 13.4. The first kappa shape index (κ1) is 17.7. The van der Waals surface area contributed by atoms with Gasteiger partial charge in [0.15, 0.2) is 0 Å². The van der Waals surface area contributed by atoms with Crippen molar-refractivity contribution in [2.75, 3.05) is 26.2 Å². The minimum Gasteiger partial charge on any atom is -0.464 e. The molecule has 0 bridgehead atoms. The first-order valence-corrected chi connectivity index (χ1v) is 8.06. The molecule has 0 radical (unpaired) electrons. The van der Waals surface area contributed by atoms with Crippen LogP contribution in [0.5, 0.6) is 0 Å². The molecule has 0 aromatic rings. The highest BCUT2D eigenvalue weighted by Crippen LogP contribution is 2.06. The molecule has 0 spiro atoms. The zero-order valence-corrected chi connectivity index (χ0v) is 13.4. The maximum atomic E-state index is 11.9. The molecule has 0 unspecified atom stereocenters. The van der Waals surface area contributed by atoms with Gasteiger partial charge in [0.2, 0.25) is 5.91 Å². The molecule has 5 heteroatoms. The summed E-state index contributed by atoms with van der Waals surface area (Å²) in [5.41, 5.74) is 0.881. The van der Waals surface area contributed by atoms with Crippen LogP contribution in [0.1, 0.15) is 58.8 Å². The quantitative estimate of drug-likeness (QED) is 0.485. The Morgan fingerprint density at radius 2 is 2.05 bits per heavy atom. The summed E-state index contributed by atoms with van der Waals surface area (Å²) in [4.78, 5) is 29.5. The number of amides is 1. The standard InChI is InChI=1S/C16H28N2O3/c1-3-4-5-6-7-8-16(20)21-12-11-18-10-9-17-14(2)13-15(18)19/h3-13H2,1-2H3. The molecule has 0 N–H and O–H groups in total. The van der Waals surface area contributed by atoms with E-state index in [0.29, 0.717) is 39.1 Å². The van der Waals surface area contributed by atoms with E-state index >= 15 is 0 Å². The second-order valence-corrected chi connectivity index (χ2v) is 5.56. The Labute approximate surface area is 127 Å². The number of rotatable bonds is 9. The third kappa shape index (κ3) is 7.83. The molecule has 1 heterocycles. The molecule has 1 rings (SSSR count). The fourth-order valence-corrected chi connectivity index (χ4v) is 2.32. The lowest BCUT2D eigenvalue weighted by Gasteiger charge is -2.19. The number of unbranched alkanes of at least 4 members (excludes halogenated alkanes) is 4. The average Bonchev–Trinajstić information content (AvgIpc) is 2.60. The summed E-state index contributed by atoms with van der Waals surface area (Å²) in [5.74, 6) is -0.0782. The van der Waals surface area contributed by atoms with Crippen molar-refractivity contribution in [3.05, 3.63) is 0 Å². The molecule has 1 aliphatic rings. The predicted octanol–water partition coefficient (Wildman–Crippen LogP) is 2.58. The molecule has 0 aromatic heterocycles. The third-order valence-corrected chi connectivity index (χ3v) is 3.62. The number of carbonyl (C=O) groups is 2. The topological polar surface area (TPSA) is 59.0 Å². The first-order valence-electron chi connectivity index (χ1n) is 8.06. The number of hydrogen-bond donors (Lipinski definition) is 0. The molecule has 21 heavy (non-hydrogen) atoms. The molecule has 0 fully saturated rings. The third-order valence-electron chi connectivity index (χ3n) is 3.62. The van der Waals surface area contributed by atoms with Gasteiger partial charge >= 0.3 is 5.97 Å². The van der Waals surface area contributed by atoms with Crippen LogP contribution in [0.4, 0.5) is 0 Å². The van der Waals surface area contributed by atoms with Crippen molar-refractivity contribution in [1.82, 2.24) is 4.90 Å². The molecule has 0 aliphatic carbocycles. The van der Waals surface area contributed by atoms with Crippen LogP contribution in [0.2, 0.25) is 0 Å². The summed E-state index contributed by atoms with van der Waals surface area (Å²) in [5, 5.41) is 0. The van der Waals surface area contributed by atoms with E-state index in [-0.39, 0.29) is 11.9 Å². The van der Waals surface area contributed by atoms with Crippen LogP contribution in [0.15, 0.2) is 4.99 Å². The summed E-state index contributed by atoms with van der Waals surface area (Å²) < 4.78 is 5.20. The highest BCUT2D eigenvalue weighted by Gasteiger charge is 2.17. The van der Waals surface area contributed by atoms with E-state index in [4.69, 9.17) is 4.74 Å². The highest BCUT2D eigenvalue weighted by atomic mass is 16.5. The molecule has 0 atom stereocenters. The second-order valence-electron chi connectivity index (χ2n) is 5.56. The molecule has 5 nitrogen and oxygen atoms in total. The van der Waals surface area contributed by atoms with Crippen molar-refractivity contribution < 1.29 is 14.3 Å². The Bertz CT molecular complexity index is 367. The molecular weight excluding hydrogens is 268 g/mol. The number of carbonyl (C=O) groups excluding carboxylic acids is 2. The largest absolute Gasteiger partial charge is 0.464 e. The number of ether oxygens (including phenoxy) is 1. The molecule has 120 valence electrons. The van der Waals surface area contributed by atoms with Crippen LogP contribution in [-0.4, -0.2) is 48.7 Å². The van der Waals surface area contributed by atoms with Gasteiger partial charge in [0, 0.05) is 18.7 Å². The number of hydrogen-bond acceptors (Lipinski definition) is 4. The minimum absolute atomic E-state index is 0.0735. The molecule has 0 saturated carbocycles. The summed E-state index contributed by atoms with van der Waals surface area (Å²) >= 11 is 0. The first-order chi connectivity index (χ1) is 10.1. The van der Waals surface area contributed by atoms with Crippen molar-refractivity contribution in [3.8, 4) is 0 Å². The SMILES string of the molecule is CCCCCCCC(=O)OCCN1CCN=C(C)CC1=O. The maximum absolute atomic E-state index is 11.9. The smallest absolute Gasteiger partial charge is 0.305 e. The molecule has 1 aliphatic heterocycles. The summed E-state index contributed by atoms with van der Waals surface area (Å²) in [6.07, 6.45) is 6.47. The van der Waals surface area contributed by atoms with E-state index in [1.807, 2.05) is 6.92 Å². The lowest BCUT2D eigenvalue weighted by Crippen LogP contribution is -2.35. The van der Waals surface area contributed by atoms with E-state index < -0.39 is 0 Å². The Morgan fingerprint density at radius 3 is 2.81 bits per heavy atom. The maximum Gasteiger partial charge on any atom is 0.305 e. The van der Waals surface area contributed by atoms with Crippen LogP contribution < -0.4 is 0 Å². The molecule has 0 aromatic carbocycles. The number of nitrogens with zero attached hydrogens (tertiary/aromatic N) is 2. The monoisotopic (exact) mass is 296 g/mol. The summed E-state index contributed by atoms with van der Waals surface area (Å²) in [6.45, 7) is 6.07. The highest BCUT2D eigenvalue weighted by molar-refractivity contribution is 6.00. The zero-order chi connectivity index (χ0) is 15.5. The van der Waals surface area contributed by atoms with E-state index in [9.17, 15) is 9.59 Å². The van der Waals surface area contributed by atoms with Gasteiger partial charge in [-0.1, -0.05) is 32.6 Å². The van der Waals surface area contributed by atoms with Crippen molar-refractivity contribution in [2.24, 2.45) is 4.99 Å². The Morgan fingerprint density at radius 1 is 1.29 bits per heavy atom. The van der Waals surface area contributed by atoms with Crippen molar-refractivity contribution in [2.45, 2.75) is 58.8 Å². The molecule has 1 amide bonds. The Hall–Kier alpha value is -1.39. The van der Waals surface area contributed by atoms with Crippen LogP contribution in [0.25, 0.3) is 0 Å². The Balaban J connectivity index is 2.10. The predicted molar refractivity (Wildman–Crippen MR) is 83.5 cm³/mol. The van der Waals surface area contributed by atoms with Gasteiger partial charge < -0.3 is 9.64 Å². The lowest BCUT2D eigenvalue weighted by molar-refractivity contribution is -0.145. The minimum atomic E-state index is -0.152. The van der Waals surface area contributed by atoms with Crippen molar-refractivity contribution >= 4 is 17.6 Å². The van der Waals surface area contributed by atoms with Gasteiger partial charge in [0.05, 0.1) is 19.5 Å². The van der Waals surface area contributed by atoms with E-state index in [2.05, 4.69) is 11.9 Å². The van der Waals surface area contributed by atoms with Crippen LogP contribution in [-0.2, 0) is 14.3 Å². The number of esters is 1. The van der Waals surface area contributed by atoms with E-state index in [0.717, 1.165) is 18.6 Å². The average molecular weight is 296 g/mol. The van der Waals surface area contributed by atoms with Crippen molar-refractivity contribution in [3.63, 3.8) is 0 Å². The van der Waals surface area contributed by atoms with Crippen molar-refractivity contribution in [1.29, 1.82) is 0 Å². The van der Waals surface area contributed by atoms with Gasteiger partial charge in [0.25, 0.3) is 0 Å². The molecule has 0 saturated heterocycles. The number of aliphatic imine (C=N–C) groups is 1. The lowest BCUT2D eigenvalue weighted by atomic mass is 10.1. The fourth-order valence-electron chi connectivity index (χ4n) is 2.32. The van der Waals surface area contributed by atoms with Gasteiger partial charge in [-0.15, -0.1) is 0 Å². The van der Waals surface area contributed by atoms with Gasteiger partial charge in [0.1, 0.15) is 6.61 Å². The van der Waals surface area contributed by atoms with Gasteiger partial charge in [-0.3, -0.25) is 14.6 Å². The van der Waals surface area contributed by atoms with Gasteiger partial charge in [-0.05, 0) is 13.3 Å². The van der Waals surface area contributed by atoms with E-state index in [1.165, 1.54) is 19.3 Å².